The van der Waals surface area contributed by atoms with Crippen LogP contribution in [0.4, 0.5) is 20.2 Å². The van der Waals surface area contributed by atoms with Gasteiger partial charge >= 0.3 is 0 Å². The van der Waals surface area contributed by atoms with E-state index in [1.54, 1.807) is 19.2 Å². The summed E-state index contributed by atoms with van der Waals surface area (Å²) < 4.78 is 39.3. The molecule has 38 heavy (non-hydrogen) atoms. The minimum absolute atomic E-state index is 0.123. The molecule has 1 saturated heterocycles. The standard InChI is InChI=1S/C27H27F2N5O4/c1-14-10-16(29)11-20(25(14)37-3)33-24-22-19(5-8-31-26(22)35)32-23(24)18-4-7-30-12-21(18)38-13-17-6-9-34(17)27(36)15(2)28/h4,7,10-12,17,32-33H,2,5-6,8-9,13H2,1,3H3,(H,31,35)/t17-/m1/s1. The number of pyridine rings is 1. The fourth-order valence-corrected chi connectivity index (χ4v) is 4.86. The lowest BCUT2D eigenvalue weighted by Crippen LogP contribution is -2.54. The monoisotopic (exact) mass is 523 g/mol. The number of nitrogens with one attached hydrogen (secondary N) is 3. The van der Waals surface area contributed by atoms with Crippen LogP contribution in [0.2, 0.25) is 0 Å². The van der Waals surface area contributed by atoms with Gasteiger partial charge < -0.3 is 30.0 Å². The number of aromatic amines is 1. The van der Waals surface area contributed by atoms with Gasteiger partial charge in [0.1, 0.15) is 23.9 Å². The number of methoxy groups -OCH3 is 1. The Balaban J connectivity index is 1.52. The molecule has 9 nitrogen and oxygen atoms in total. The number of anilines is 2. The number of H-pyrrole nitrogens is 1. The SMILES string of the molecule is C=C(F)C(=O)N1CC[C@@H]1COc1cnccc1-c1[nH]c2c(c1Nc1cc(F)cc(C)c1OC)C(=O)NCC2. The van der Waals surface area contributed by atoms with Gasteiger partial charge in [0.05, 0.1) is 42.0 Å². The average molecular weight is 524 g/mol. The second kappa shape index (κ2) is 10.2. The highest BCUT2D eigenvalue weighted by Crippen LogP contribution is 2.42. The average Bonchev–Trinajstić information content (AvgIpc) is 3.22. The molecule has 0 radical (unpaired) electrons. The Morgan fingerprint density at radius 2 is 2.18 bits per heavy atom. The molecule has 0 saturated carbocycles. The van der Waals surface area contributed by atoms with E-state index in [0.717, 1.165) is 5.69 Å². The third-order valence-corrected chi connectivity index (χ3v) is 6.79. The predicted molar refractivity (Wildman–Crippen MR) is 137 cm³/mol. The maximum atomic E-state index is 14.4. The Hall–Kier alpha value is -4.41. The molecule has 5 rings (SSSR count). The number of likely N-dealkylation sites (tertiary alicyclic amines) is 1. The van der Waals surface area contributed by atoms with Crippen molar-refractivity contribution in [2.24, 2.45) is 0 Å². The third kappa shape index (κ3) is 4.55. The van der Waals surface area contributed by atoms with Crippen LogP contribution < -0.4 is 20.1 Å². The van der Waals surface area contributed by atoms with Crippen LogP contribution in [0.5, 0.6) is 11.5 Å². The number of benzene rings is 1. The van der Waals surface area contributed by atoms with Gasteiger partial charge in [-0.05, 0) is 31.0 Å². The zero-order valence-corrected chi connectivity index (χ0v) is 21.0. The van der Waals surface area contributed by atoms with Crippen LogP contribution >= 0.6 is 0 Å². The number of carbonyl (C=O) groups is 2. The molecule has 198 valence electrons. The topological polar surface area (TPSA) is 109 Å². The largest absolute Gasteiger partial charge is 0.494 e. The first-order chi connectivity index (χ1) is 18.3. The van der Waals surface area contributed by atoms with Crippen LogP contribution in [0.15, 0.2) is 43.0 Å². The maximum Gasteiger partial charge on any atom is 0.282 e. The molecule has 1 aromatic carbocycles. The maximum absolute atomic E-state index is 14.4. The number of fused-ring (bicyclic) bond motifs is 1. The summed E-state index contributed by atoms with van der Waals surface area (Å²) in [6.07, 6.45) is 4.36. The molecular formula is C27H27F2N5O4. The first-order valence-electron chi connectivity index (χ1n) is 12.1. The molecule has 1 fully saturated rings. The van der Waals surface area contributed by atoms with Crippen molar-refractivity contribution in [3.8, 4) is 22.8 Å². The van der Waals surface area contributed by atoms with Gasteiger partial charge in [0.25, 0.3) is 11.8 Å². The van der Waals surface area contributed by atoms with Crippen molar-refractivity contribution in [3.05, 3.63) is 65.6 Å². The molecule has 0 bridgehead atoms. The highest BCUT2D eigenvalue weighted by Gasteiger charge is 2.34. The van der Waals surface area contributed by atoms with Crippen LogP contribution in [-0.4, -0.2) is 59.5 Å². The van der Waals surface area contributed by atoms with Crippen LogP contribution in [0.1, 0.15) is 28.0 Å². The fourth-order valence-electron chi connectivity index (χ4n) is 4.86. The van der Waals surface area contributed by atoms with Gasteiger partial charge in [-0.1, -0.05) is 6.58 Å². The molecule has 1 atom stereocenters. The zero-order valence-electron chi connectivity index (χ0n) is 21.0. The summed E-state index contributed by atoms with van der Waals surface area (Å²) in [5, 5.41) is 6.07. The van der Waals surface area contributed by atoms with E-state index in [-0.39, 0.29) is 18.6 Å². The van der Waals surface area contributed by atoms with Crippen molar-refractivity contribution in [3.63, 3.8) is 0 Å². The van der Waals surface area contributed by atoms with E-state index in [0.29, 0.717) is 71.2 Å². The van der Waals surface area contributed by atoms with E-state index in [2.05, 4.69) is 27.2 Å². The molecule has 0 spiro atoms. The van der Waals surface area contributed by atoms with Crippen LogP contribution in [0.25, 0.3) is 11.3 Å². The quantitative estimate of drug-likeness (QED) is 0.385. The molecule has 2 amide bonds. The predicted octanol–water partition coefficient (Wildman–Crippen LogP) is 4.03. The highest BCUT2D eigenvalue weighted by atomic mass is 19.1. The minimum atomic E-state index is -1.01. The van der Waals surface area contributed by atoms with Crippen molar-refractivity contribution < 1.29 is 27.8 Å². The molecule has 2 aromatic heterocycles. The van der Waals surface area contributed by atoms with E-state index in [9.17, 15) is 18.4 Å². The highest BCUT2D eigenvalue weighted by molar-refractivity contribution is 6.06. The smallest absolute Gasteiger partial charge is 0.282 e. The van der Waals surface area contributed by atoms with Crippen molar-refractivity contribution in [1.82, 2.24) is 20.2 Å². The summed E-state index contributed by atoms with van der Waals surface area (Å²) in [6.45, 7) is 5.84. The number of carbonyl (C=O) groups excluding carboxylic acids is 2. The molecule has 2 aliphatic heterocycles. The lowest BCUT2D eigenvalue weighted by atomic mass is 10.0. The van der Waals surface area contributed by atoms with Gasteiger partial charge in [-0.15, -0.1) is 0 Å². The second-order valence-corrected chi connectivity index (χ2v) is 9.19. The van der Waals surface area contributed by atoms with Crippen LogP contribution in [0.3, 0.4) is 0 Å². The van der Waals surface area contributed by atoms with Gasteiger partial charge in [-0.3, -0.25) is 14.6 Å². The van der Waals surface area contributed by atoms with Crippen molar-refractivity contribution >= 4 is 23.2 Å². The summed E-state index contributed by atoms with van der Waals surface area (Å²) in [4.78, 5) is 33.8. The first-order valence-corrected chi connectivity index (χ1v) is 12.1. The van der Waals surface area contributed by atoms with E-state index in [1.807, 2.05) is 0 Å². The van der Waals surface area contributed by atoms with E-state index in [4.69, 9.17) is 9.47 Å². The number of halogens is 2. The van der Waals surface area contributed by atoms with E-state index in [1.165, 1.54) is 30.3 Å². The Morgan fingerprint density at radius 3 is 2.89 bits per heavy atom. The summed E-state index contributed by atoms with van der Waals surface area (Å²) in [7, 11) is 1.49. The van der Waals surface area contributed by atoms with E-state index >= 15 is 0 Å². The third-order valence-electron chi connectivity index (χ3n) is 6.79. The molecule has 2 aliphatic rings. The van der Waals surface area contributed by atoms with Gasteiger partial charge in [-0.2, -0.15) is 0 Å². The summed E-state index contributed by atoms with van der Waals surface area (Å²) in [6, 6.07) is 4.10. The van der Waals surface area contributed by atoms with Crippen molar-refractivity contribution in [1.29, 1.82) is 0 Å². The van der Waals surface area contributed by atoms with Crippen LogP contribution in [0, 0.1) is 12.7 Å². The normalized spacial score (nSPS) is 16.3. The van der Waals surface area contributed by atoms with E-state index < -0.39 is 17.6 Å². The number of hydrogen-bond acceptors (Lipinski definition) is 6. The van der Waals surface area contributed by atoms with Gasteiger partial charge in [-0.25, -0.2) is 8.78 Å². The molecule has 4 heterocycles. The molecule has 0 unspecified atom stereocenters. The summed E-state index contributed by atoms with van der Waals surface area (Å²) in [5.41, 5.74) is 3.67. The number of hydrogen-bond donors (Lipinski definition) is 3. The Kier molecular flexibility index (Phi) is 6.75. The van der Waals surface area contributed by atoms with Gasteiger partial charge in [0.15, 0.2) is 5.83 Å². The minimum Gasteiger partial charge on any atom is -0.494 e. The molecule has 3 aromatic rings. The summed E-state index contributed by atoms with van der Waals surface area (Å²) in [5.74, 6) is -1.63. The van der Waals surface area contributed by atoms with Gasteiger partial charge in [0, 0.05) is 43.0 Å². The number of amides is 2. The van der Waals surface area contributed by atoms with Crippen LogP contribution in [-0.2, 0) is 11.2 Å². The first kappa shape index (κ1) is 25.2. The van der Waals surface area contributed by atoms with Crippen molar-refractivity contribution in [2.45, 2.75) is 25.8 Å². The van der Waals surface area contributed by atoms with Crippen molar-refractivity contribution in [2.75, 3.05) is 32.1 Å². The Morgan fingerprint density at radius 1 is 1.37 bits per heavy atom. The summed E-state index contributed by atoms with van der Waals surface area (Å²) >= 11 is 0. The number of nitrogens with zero attached hydrogens (tertiary/aromatic N) is 2. The molecule has 0 aliphatic carbocycles. The fraction of sp³-hybridized carbons (Fsp3) is 0.296. The number of ether oxygens (including phenoxy) is 2. The Labute approximate surface area is 217 Å². The Bertz CT molecular complexity index is 1440. The number of aromatic nitrogens is 2. The lowest BCUT2D eigenvalue weighted by Gasteiger charge is -2.40. The number of aryl methyl sites for hydroxylation is 1. The molecule has 11 heteroatoms. The van der Waals surface area contributed by atoms with Gasteiger partial charge in [0.2, 0.25) is 0 Å². The second-order valence-electron chi connectivity index (χ2n) is 9.19. The molecular weight excluding hydrogens is 496 g/mol. The molecule has 3 N–H and O–H groups in total. The number of rotatable bonds is 8. The zero-order chi connectivity index (χ0) is 27.0. The lowest BCUT2D eigenvalue weighted by molar-refractivity contribution is -0.137.